The van der Waals surface area contributed by atoms with Gasteiger partial charge in [0.25, 0.3) is 0 Å². The topological polar surface area (TPSA) is 41.9 Å². The number of anilines is 3. The number of rotatable bonds is 4. The average molecular weight is 702 g/mol. The summed E-state index contributed by atoms with van der Waals surface area (Å²) in [5, 5.41) is 0. The number of aromatic nitrogens is 3. The first-order valence-electron chi connectivity index (χ1n) is 14.6. The molecule has 0 saturated heterocycles. The number of hydrogen-bond donors (Lipinski definition) is 0. The second kappa shape index (κ2) is 11.1. The van der Waals surface area contributed by atoms with Crippen LogP contribution in [0, 0.1) is 13.8 Å². The van der Waals surface area contributed by atoms with Crippen LogP contribution in [0.1, 0.15) is 36.1 Å². The molecule has 0 N–H and O–H groups in total. The Kier molecular flexibility index (Phi) is 7.22. The lowest BCUT2D eigenvalue weighted by atomic mass is 9.73. The number of halogens is 2. The van der Waals surface area contributed by atoms with Gasteiger partial charge in [0.05, 0.1) is 11.4 Å². The van der Waals surface area contributed by atoms with Crippen molar-refractivity contribution in [3.05, 3.63) is 140 Å². The van der Waals surface area contributed by atoms with Crippen molar-refractivity contribution in [3.8, 4) is 34.2 Å². The van der Waals surface area contributed by atoms with E-state index in [9.17, 15) is 0 Å². The van der Waals surface area contributed by atoms with E-state index in [0.717, 1.165) is 42.5 Å². The highest BCUT2D eigenvalue weighted by Crippen LogP contribution is 2.53. The monoisotopic (exact) mass is 700 g/mol. The van der Waals surface area contributed by atoms with Gasteiger partial charge in [-0.3, -0.25) is 0 Å². The van der Waals surface area contributed by atoms with Gasteiger partial charge in [-0.25, -0.2) is 15.0 Å². The molecule has 0 amide bonds. The smallest absolute Gasteiger partial charge is 0.164 e. The minimum Gasteiger partial charge on any atom is -0.310 e. The molecule has 44 heavy (non-hydrogen) atoms. The molecule has 5 aromatic carbocycles. The third kappa shape index (κ3) is 4.96. The van der Waals surface area contributed by atoms with Crippen molar-refractivity contribution < 1.29 is 0 Å². The second-order valence-corrected chi connectivity index (χ2v) is 13.6. The Balaban J connectivity index is 1.36. The first kappa shape index (κ1) is 28.6. The summed E-state index contributed by atoms with van der Waals surface area (Å²) < 4.78 is 2.14. The van der Waals surface area contributed by atoms with E-state index in [1.807, 2.05) is 24.3 Å². The van der Waals surface area contributed by atoms with Gasteiger partial charge in [-0.2, -0.15) is 0 Å². The zero-order valence-electron chi connectivity index (χ0n) is 24.9. The van der Waals surface area contributed by atoms with Gasteiger partial charge in [-0.05, 0) is 96.8 Å². The van der Waals surface area contributed by atoms with Crippen molar-refractivity contribution in [2.24, 2.45) is 0 Å². The molecule has 0 unspecified atom stereocenters. The summed E-state index contributed by atoms with van der Waals surface area (Å²) >= 11 is 7.43. The van der Waals surface area contributed by atoms with Crippen molar-refractivity contribution in [3.63, 3.8) is 0 Å². The summed E-state index contributed by atoms with van der Waals surface area (Å²) in [4.78, 5) is 17.3. The number of fused-ring (bicyclic) bond motifs is 2. The zero-order valence-corrected chi connectivity index (χ0v) is 28.1. The van der Waals surface area contributed by atoms with Crippen molar-refractivity contribution >= 4 is 48.9 Å². The molecule has 2 heterocycles. The van der Waals surface area contributed by atoms with Crippen molar-refractivity contribution in [2.75, 3.05) is 4.90 Å². The Morgan fingerprint density at radius 2 is 1.00 bits per heavy atom. The van der Waals surface area contributed by atoms with Crippen molar-refractivity contribution in [1.29, 1.82) is 0 Å². The zero-order chi connectivity index (χ0) is 30.6. The maximum absolute atomic E-state index is 5.00. The number of benzene rings is 5. The van der Waals surface area contributed by atoms with Crippen LogP contribution in [0.4, 0.5) is 17.1 Å². The first-order chi connectivity index (χ1) is 21.2. The van der Waals surface area contributed by atoms with Crippen LogP contribution in [0.15, 0.2) is 118 Å². The third-order valence-corrected chi connectivity index (χ3v) is 9.52. The minimum absolute atomic E-state index is 0.169. The highest BCUT2D eigenvalue weighted by Gasteiger charge is 2.37. The predicted molar refractivity (Wildman–Crippen MR) is 188 cm³/mol. The van der Waals surface area contributed by atoms with Gasteiger partial charge >= 0.3 is 0 Å². The molecule has 1 aliphatic rings. The average Bonchev–Trinajstić information content (AvgIpc) is 3.02. The van der Waals surface area contributed by atoms with E-state index in [0.29, 0.717) is 17.5 Å². The van der Waals surface area contributed by atoms with Gasteiger partial charge in [0.2, 0.25) is 0 Å². The molecule has 0 bridgehead atoms. The standard InChI is InChI=1S/C38H30Br2N4/c1-23-9-5-7-11-29(23)36-41-35(42-37(43-36)30-12-8-6-10-24(30)2)25-13-17-28(18-14-25)44-33-19-15-26(39)21-31(33)38(3,4)32-22-27(40)16-20-34(32)44/h5-22H,1-4H3. The third-order valence-electron chi connectivity index (χ3n) is 8.54. The van der Waals surface area contributed by atoms with E-state index in [1.54, 1.807) is 0 Å². The van der Waals surface area contributed by atoms with E-state index >= 15 is 0 Å². The fourth-order valence-electron chi connectivity index (χ4n) is 6.11. The fourth-order valence-corrected chi connectivity index (χ4v) is 6.84. The maximum atomic E-state index is 5.00. The molecule has 216 valence electrons. The van der Waals surface area contributed by atoms with Crippen LogP contribution in [0.5, 0.6) is 0 Å². The molecule has 0 aliphatic carbocycles. The molecule has 6 aromatic rings. The molecular formula is C38H30Br2N4. The summed E-state index contributed by atoms with van der Waals surface area (Å²) in [6.07, 6.45) is 0. The number of hydrogen-bond acceptors (Lipinski definition) is 4. The van der Waals surface area contributed by atoms with Crippen LogP contribution in [0.2, 0.25) is 0 Å². The van der Waals surface area contributed by atoms with E-state index in [-0.39, 0.29) is 5.41 Å². The second-order valence-electron chi connectivity index (χ2n) is 11.8. The first-order valence-corrected chi connectivity index (χ1v) is 16.2. The Bertz CT molecular complexity index is 1930. The maximum Gasteiger partial charge on any atom is 0.164 e. The van der Waals surface area contributed by atoms with Gasteiger partial charge in [-0.1, -0.05) is 94.2 Å². The molecule has 0 radical (unpaired) electrons. The van der Waals surface area contributed by atoms with Crippen LogP contribution >= 0.6 is 31.9 Å². The van der Waals surface area contributed by atoms with Crippen LogP contribution in [0.3, 0.4) is 0 Å². The number of nitrogens with zero attached hydrogens (tertiary/aromatic N) is 4. The van der Waals surface area contributed by atoms with Crippen LogP contribution in [-0.2, 0) is 5.41 Å². The van der Waals surface area contributed by atoms with E-state index < -0.39 is 0 Å². The van der Waals surface area contributed by atoms with Crippen molar-refractivity contribution in [2.45, 2.75) is 33.1 Å². The lowest BCUT2D eigenvalue weighted by Crippen LogP contribution is -2.30. The largest absolute Gasteiger partial charge is 0.310 e. The summed E-state index contributed by atoms with van der Waals surface area (Å²) in [5.41, 5.74) is 11.0. The van der Waals surface area contributed by atoms with Crippen LogP contribution in [-0.4, -0.2) is 15.0 Å². The Morgan fingerprint density at radius 1 is 0.545 bits per heavy atom. The van der Waals surface area contributed by atoms with Crippen molar-refractivity contribution in [1.82, 2.24) is 15.0 Å². The molecule has 4 nitrogen and oxygen atoms in total. The van der Waals surface area contributed by atoms with E-state index in [4.69, 9.17) is 15.0 Å². The van der Waals surface area contributed by atoms with E-state index in [2.05, 4.69) is 149 Å². The van der Waals surface area contributed by atoms with E-state index in [1.165, 1.54) is 22.5 Å². The minimum atomic E-state index is -0.169. The highest BCUT2D eigenvalue weighted by atomic mass is 79.9. The van der Waals surface area contributed by atoms with Gasteiger partial charge in [-0.15, -0.1) is 0 Å². The van der Waals surface area contributed by atoms with Gasteiger partial charge < -0.3 is 4.90 Å². The molecule has 0 atom stereocenters. The quantitative estimate of drug-likeness (QED) is 0.183. The van der Waals surface area contributed by atoms with Crippen LogP contribution < -0.4 is 4.90 Å². The van der Waals surface area contributed by atoms with Gasteiger partial charge in [0.1, 0.15) is 0 Å². The summed E-state index contributed by atoms with van der Waals surface area (Å²) in [6.45, 7) is 8.77. The Morgan fingerprint density at radius 3 is 1.48 bits per heavy atom. The fraction of sp³-hybridized carbons (Fsp3) is 0.132. The molecular weight excluding hydrogens is 672 g/mol. The number of aryl methyl sites for hydroxylation is 2. The van der Waals surface area contributed by atoms with Gasteiger partial charge in [0.15, 0.2) is 17.5 Å². The molecule has 0 spiro atoms. The lowest BCUT2D eigenvalue weighted by Gasteiger charge is -2.42. The summed E-state index contributed by atoms with van der Waals surface area (Å²) in [5.74, 6) is 2.00. The highest BCUT2D eigenvalue weighted by molar-refractivity contribution is 9.10. The normalized spacial score (nSPS) is 13.4. The Labute approximate surface area is 275 Å². The SMILES string of the molecule is Cc1ccccc1-c1nc(-c2ccc(N3c4ccc(Br)cc4C(C)(C)c4cc(Br)ccc43)cc2)nc(-c2ccccc2C)n1. The predicted octanol–water partition coefficient (Wildman–Crippen LogP) is 11.1. The lowest BCUT2D eigenvalue weighted by molar-refractivity contribution is 0.631. The molecule has 0 saturated carbocycles. The molecule has 0 fully saturated rings. The van der Waals surface area contributed by atoms with Gasteiger partial charge in [0, 0.05) is 36.7 Å². The molecule has 7 rings (SSSR count). The summed E-state index contributed by atoms with van der Waals surface area (Å²) in [7, 11) is 0. The Hall–Kier alpha value is -4.13. The van der Waals surface area contributed by atoms with Crippen LogP contribution in [0.25, 0.3) is 34.2 Å². The molecule has 1 aliphatic heterocycles. The summed E-state index contributed by atoms with van der Waals surface area (Å²) in [6, 6.07) is 38.1. The molecule has 6 heteroatoms. The molecule has 1 aromatic heterocycles.